The summed E-state index contributed by atoms with van der Waals surface area (Å²) in [4.78, 5) is 38.6. The van der Waals surface area contributed by atoms with Gasteiger partial charge in [0.05, 0.1) is 6.61 Å². The number of nitrogens with two attached hydrogens (primary N) is 1. The molecule has 1 fully saturated rings. The summed E-state index contributed by atoms with van der Waals surface area (Å²) >= 11 is 1.28. The van der Waals surface area contributed by atoms with Crippen LogP contribution in [0.5, 0.6) is 5.75 Å². The van der Waals surface area contributed by atoms with Crippen molar-refractivity contribution in [2.24, 2.45) is 5.73 Å². The number of hydrogen-bond donors (Lipinski definition) is 2. The monoisotopic (exact) mass is 561 g/mol. The molecule has 1 saturated heterocycles. The molecule has 3 N–H and O–H groups in total. The number of esters is 1. The first-order valence-corrected chi connectivity index (χ1v) is 12.2. The molecule has 1 unspecified atom stereocenters. The number of halogens is 4. The fourth-order valence-corrected chi connectivity index (χ4v) is 4.71. The van der Waals surface area contributed by atoms with Gasteiger partial charge in [-0.25, -0.2) is 18.0 Å². The summed E-state index contributed by atoms with van der Waals surface area (Å²) in [7, 11) is 0. The highest BCUT2D eigenvalue weighted by Gasteiger charge is 2.35. The van der Waals surface area contributed by atoms with Crippen LogP contribution in [0.1, 0.15) is 18.9 Å². The molecule has 0 saturated carbocycles. The quantitative estimate of drug-likeness (QED) is 0.338. The largest absolute Gasteiger partial charge is 0.482 e. The van der Waals surface area contributed by atoms with E-state index in [-0.39, 0.29) is 44.0 Å². The standard InChI is InChI=1S/C24H26F3N3O5S.ClH/c1-2-34-22(32)13-35-17-5-3-4-16(11-17)29-23(33)24-30(6-7-36-24)21(31)10-15(28)8-14-9-19(26)20(27)12-18(14)25;/h3-5,9,11-12,15,24H,2,6-8,10,13,28H2,1H3,(H,29,33);1H/t15-,24?;/m1./s1. The molecule has 37 heavy (non-hydrogen) atoms. The van der Waals surface area contributed by atoms with E-state index in [9.17, 15) is 27.6 Å². The van der Waals surface area contributed by atoms with Gasteiger partial charge in [0.1, 0.15) is 11.6 Å². The highest BCUT2D eigenvalue weighted by molar-refractivity contribution is 8.00. The topological polar surface area (TPSA) is 111 Å². The Bertz CT molecular complexity index is 1130. The number of hydrogen-bond acceptors (Lipinski definition) is 7. The maximum Gasteiger partial charge on any atom is 0.344 e. The van der Waals surface area contributed by atoms with Gasteiger partial charge in [0.2, 0.25) is 5.91 Å². The molecule has 2 aromatic rings. The highest BCUT2D eigenvalue weighted by Crippen LogP contribution is 2.27. The van der Waals surface area contributed by atoms with Gasteiger partial charge in [-0.3, -0.25) is 9.59 Å². The van der Waals surface area contributed by atoms with Gasteiger partial charge >= 0.3 is 5.97 Å². The maximum atomic E-state index is 13.9. The zero-order valence-electron chi connectivity index (χ0n) is 19.9. The Morgan fingerprint density at radius 3 is 2.62 bits per heavy atom. The molecule has 2 amide bonds. The van der Waals surface area contributed by atoms with E-state index in [2.05, 4.69) is 5.32 Å². The lowest BCUT2D eigenvalue weighted by atomic mass is 10.0. The maximum absolute atomic E-state index is 13.9. The van der Waals surface area contributed by atoms with Gasteiger partial charge in [0.25, 0.3) is 5.91 Å². The third-order valence-corrected chi connectivity index (χ3v) is 6.41. The molecule has 3 rings (SSSR count). The molecule has 1 aliphatic heterocycles. The number of ether oxygens (including phenoxy) is 2. The lowest BCUT2D eigenvalue weighted by molar-refractivity contribution is -0.145. The van der Waals surface area contributed by atoms with Crippen molar-refractivity contribution >= 4 is 47.6 Å². The van der Waals surface area contributed by atoms with Crippen molar-refractivity contribution in [2.75, 3.05) is 30.8 Å². The molecule has 202 valence electrons. The van der Waals surface area contributed by atoms with Crippen LogP contribution in [0, 0.1) is 17.5 Å². The van der Waals surface area contributed by atoms with Crippen molar-refractivity contribution in [1.82, 2.24) is 4.90 Å². The predicted molar refractivity (Wildman–Crippen MR) is 135 cm³/mol. The second kappa shape index (κ2) is 14.1. The van der Waals surface area contributed by atoms with Crippen LogP contribution >= 0.6 is 24.2 Å². The van der Waals surface area contributed by atoms with E-state index in [1.165, 1.54) is 22.7 Å². The zero-order valence-corrected chi connectivity index (χ0v) is 21.5. The Hall–Kier alpha value is -2.96. The Morgan fingerprint density at radius 1 is 1.16 bits per heavy atom. The minimum Gasteiger partial charge on any atom is -0.482 e. The van der Waals surface area contributed by atoms with Crippen LogP contribution in [-0.2, 0) is 25.5 Å². The van der Waals surface area contributed by atoms with E-state index in [0.29, 0.717) is 29.8 Å². The molecule has 1 heterocycles. The predicted octanol–water partition coefficient (Wildman–Crippen LogP) is 3.27. The number of rotatable bonds is 10. The third kappa shape index (κ3) is 8.54. The summed E-state index contributed by atoms with van der Waals surface area (Å²) in [5.41, 5.74) is 6.25. The normalized spacial score (nSPS) is 15.5. The second-order valence-corrected chi connectivity index (χ2v) is 9.14. The van der Waals surface area contributed by atoms with Crippen molar-refractivity contribution < 1.29 is 37.0 Å². The molecule has 0 spiro atoms. The number of nitrogens with zero attached hydrogens (tertiary/aromatic N) is 1. The van der Waals surface area contributed by atoms with Crippen LogP contribution < -0.4 is 15.8 Å². The average molecular weight is 562 g/mol. The lowest BCUT2D eigenvalue weighted by Crippen LogP contribution is -2.44. The van der Waals surface area contributed by atoms with E-state index in [1.54, 1.807) is 25.1 Å². The number of thioether (sulfide) groups is 1. The van der Waals surface area contributed by atoms with Crippen LogP contribution in [0.15, 0.2) is 36.4 Å². The summed E-state index contributed by atoms with van der Waals surface area (Å²) in [5, 5.41) is 1.91. The summed E-state index contributed by atoms with van der Waals surface area (Å²) in [6.45, 7) is 1.96. The number of anilines is 1. The fourth-order valence-electron chi connectivity index (χ4n) is 3.57. The van der Waals surface area contributed by atoms with Gasteiger partial charge in [-0.1, -0.05) is 6.07 Å². The van der Waals surface area contributed by atoms with Crippen LogP contribution in [0.2, 0.25) is 0 Å². The minimum absolute atomic E-state index is 0. The van der Waals surface area contributed by atoms with Gasteiger partial charge in [0, 0.05) is 42.6 Å². The van der Waals surface area contributed by atoms with Crippen molar-refractivity contribution in [2.45, 2.75) is 31.2 Å². The molecular formula is C24H27ClF3N3O5S. The van der Waals surface area contributed by atoms with E-state index < -0.39 is 46.7 Å². The van der Waals surface area contributed by atoms with Crippen molar-refractivity contribution in [3.05, 3.63) is 59.4 Å². The smallest absolute Gasteiger partial charge is 0.344 e. The zero-order chi connectivity index (χ0) is 26.2. The summed E-state index contributed by atoms with van der Waals surface area (Å²) in [6.07, 6.45) is -0.384. The highest BCUT2D eigenvalue weighted by atomic mass is 35.5. The first-order valence-electron chi connectivity index (χ1n) is 11.2. The van der Waals surface area contributed by atoms with E-state index in [0.717, 1.165) is 6.07 Å². The Balaban J connectivity index is 0.00000481. The molecule has 13 heteroatoms. The molecule has 2 aromatic carbocycles. The Kier molecular flexibility index (Phi) is 11.5. The number of amides is 2. The van der Waals surface area contributed by atoms with Crippen LogP contribution in [0.3, 0.4) is 0 Å². The molecule has 2 atom stereocenters. The van der Waals surface area contributed by atoms with Gasteiger partial charge in [0.15, 0.2) is 23.6 Å². The average Bonchev–Trinajstić information content (AvgIpc) is 3.32. The summed E-state index contributed by atoms with van der Waals surface area (Å²) < 4.78 is 50.6. The molecule has 0 bridgehead atoms. The molecule has 0 aromatic heterocycles. The van der Waals surface area contributed by atoms with Gasteiger partial charge < -0.3 is 25.4 Å². The van der Waals surface area contributed by atoms with Crippen LogP contribution in [0.4, 0.5) is 18.9 Å². The third-order valence-electron chi connectivity index (χ3n) is 5.21. The van der Waals surface area contributed by atoms with Gasteiger partial charge in [-0.2, -0.15) is 0 Å². The Morgan fingerprint density at radius 2 is 1.89 bits per heavy atom. The van der Waals surface area contributed by atoms with Crippen LogP contribution in [-0.4, -0.2) is 59.6 Å². The van der Waals surface area contributed by atoms with Crippen molar-refractivity contribution in [1.29, 1.82) is 0 Å². The number of carbonyl (C=O) groups is 3. The SMILES string of the molecule is CCOC(=O)COc1cccc(NC(=O)C2SCCN2C(=O)C[C@H](N)Cc2cc(F)c(F)cc2F)c1.Cl. The van der Waals surface area contributed by atoms with Gasteiger partial charge in [-0.15, -0.1) is 24.2 Å². The summed E-state index contributed by atoms with van der Waals surface area (Å²) in [5.74, 6) is -3.94. The van der Waals surface area contributed by atoms with Crippen LogP contribution in [0.25, 0.3) is 0 Å². The lowest BCUT2D eigenvalue weighted by Gasteiger charge is -2.24. The van der Waals surface area contributed by atoms with Crippen molar-refractivity contribution in [3.8, 4) is 5.75 Å². The van der Waals surface area contributed by atoms with E-state index in [1.807, 2.05) is 0 Å². The summed E-state index contributed by atoms with van der Waals surface area (Å²) in [6, 6.07) is 6.72. The first-order chi connectivity index (χ1) is 17.2. The molecule has 1 aliphatic rings. The molecule has 0 aliphatic carbocycles. The number of carbonyl (C=O) groups excluding carboxylic acids is 3. The first kappa shape index (κ1) is 30.3. The molecule has 0 radical (unpaired) electrons. The fraction of sp³-hybridized carbons (Fsp3) is 0.375. The number of nitrogens with one attached hydrogen (secondary N) is 1. The molecular weight excluding hydrogens is 535 g/mol. The van der Waals surface area contributed by atoms with E-state index in [4.69, 9.17) is 15.2 Å². The van der Waals surface area contributed by atoms with Gasteiger partial charge in [-0.05, 0) is 37.1 Å². The Labute approximate surface area is 222 Å². The second-order valence-electron chi connectivity index (χ2n) is 7.95. The molecule has 8 nitrogen and oxygen atoms in total. The number of benzene rings is 2. The van der Waals surface area contributed by atoms with E-state index >= 15 is 0 Å². The minimum atomic E-state index is -1.31. The van der Waals surface area contributed by atoms with Crippen molar-refractivity contribution in [3.63, 3.8) is 0 Å².